The molecule has 0 amide bonds. The Morgan fingerprint density at radius 3 is 2.88 bits per heavy atom. The molecule has 1 aromatic carbocycles. The molecule has 7 heteroatoms. The van der Waals surface area contributed by atoms with Crippen molar-refractivity contribution in [1.82, 2.24) is 25.3 Å². The number of hydrogen-bond donors (Lipinski definition) is 3. The molecular weight excluding hydrogens is 398 g/mol. The van der Waals surface area contributed by atoms with E-state index in [1.54, 1.807) is 6.20 Å². The van der Waals surface area contributed by atoms with E-state index in [0.717, 1.165) is 48.4 Å². The maximum absolute atomic E-state index is 6.13. The molecule has 5 rings (SSSR count). The van der Waals surface area contributed by atoms with Crippen molar-refractivity contribution in [3.63, 3.8) is 0 Å². The Hall–Kier alpha value is -3.71. The molecule has 0 radical (unpaired) electrons. The standard InChI is InChI=1S/C25H27N7/c1-17-15-30-25(31-24(17)26)32(13-9-19-4-2-3-10-28-19)20-5-6-23-21(14-20)22(16-29-23)18-7-11-27-12-8-18/h2-7,10,14-16,27,29H,8-9,11-13H2,1H3,(H2,26,30,31). The van der Waals surface area contributed by atoms with E-state index in [4.69, 9.17) is 5.73 Å². The number of H-pyrrole nitrogens is 1. The molecular formula is C25H27N7. The number of aromatic amines is 1. The molecule has 0 fully saturated rings. The summed E-state index contributed by atoms with van der Waals surface area (Å²) in [5, 5.41) is 4.60. The lowest BCUT2D eigenvalue weighted by atomic mass is 9.99. The number of aryl methyl sites for hydroxylation is 1. The fourth-order valence-electron chi connectivity index (χ4n) is 4.10. The van der Waals surface area contributed by atoms with Crippen LogP contribution in [0.15, 0.2) is 61.1 Å². The number of fused-ring (bicyclic) bond motifs is 1. The number of benzene rings is 1. The average Bonchev–Trinajstić information content (AvgIpc) is 3.26. The molecule has 0 saturated heterocycles. The third-order valence-electron chi connectivity index (χ3n) is 5.94. The molecule has 3 aromatic heterocycles. The number of hydrogen-bond acceptors (Lipinski definition) is 6. The predicted octanol–water partition coefficient (Wildman–Crippen LogP) is 4.00. The number of nitrogens with two attached hydrogens (primary N) is 1. The summed E-state index contributed by atoms with van der Waals surface area (Å²) < 4.78 is 0. The van der Waals surface area contributed by atoms with Gasteiger partial charge in [0.1, 0.15) is 5.82 Å². The first-order valence-corrected chi connectivity index (χ1v) is 11.0. The van der Waals surface area contributed by atoms with Gasteiger partial charge in [-0.25, -0.2) is 4.98 Å². The van der Waals surface area contributed by atoms with E-state index >= 15 is 0 Å². The van der Waals surface area contributed by atoms with Crippen LogP contribution in [0.4, 0.5) is 17.5 Å². The van der Waals surface area contributed by atoms with Crippen LogP contribution in [0.2, 0.25) is 0 Å². The van der Waals surface area contributed by atoms with Crippen LogP contribution in [0, 0.1) is 6.92 Å². The quantitative estimate of drug-likeness (QED) is 0.432. The Balaban J connectivity index is 1.55. The van der Waals surface area contributed by atoms with Crippen LogP contribution >= 0.6 is 0 Å². The van der Waals surface area contributed by atoms with Gasteiger partial charge < -0.3 is 20.9 Å². The van der Waals surface area contributed by atoms with E-state index in [1.165, 1.54) is 16.5 Å². The zero-order chi connectivity index (χ0) is 21.9. The number of nitrogens with zero attached hydrogens (tertiary/aromatic N) is 4. The lowest BCUT2D eigenvalue weighted by molar-refractivity contribution is 0.739. The smallest absolute Gasteiger partial charge is 0.231 e. The van der Waals surface area contributed by atoms with Gasteiger partial charge in [0.15, 0.2) is 0 Å². The van der Waals surface area contributed by atoms with E-state index < -0.39 is 0 Å². The first kappa shape index (κ1) is 20.2. The summed E-state index contributed by atoms with van der Waals surface area (Å²) in [6.45, 7) is 4.53. The number of rotatable bonds is 6. The van der Waals surface area contributed by atoms with Crippen molar-refractivity contribution in [3.05, 3.63) is 77.9 Å². The number of pyridine rings is 1. The van der Waals surface area contributed by atoms with Crippen molar-refractivity contribution >= 4 is 33.9 Å². The molecule has 4 heterocycles. The summed E-state index contributed by atoms with van der Waals surface area (Å²) >= 11 is 0. The monoisotopic (exact) mass is 425 g/mol. The third-order valence-corrected chi connectivity index (χ3v) is 5.94. The maximum Gasteiger partial charge on any atom is 0.231 e. The minimum Gasteiger partial charge on any atom is -0.383 e. The van der Waals surface area contributed by atoms with Crippen molar-refractivity contribution in [2.45, 2.75) is 19.8 Å². The summed E-state index contributed by atoms with van der Waals surface area (Å²) in [5.74, 6) is 1.10. The first-order chi connectivity index (χ1) is 15.7. The Bertz CT molecular complexity index is 1260. The van der Waals surface area contributed by atoms with Gasteiger partial charge >= 0.3 is 0 Å². The molecule has 0 atom stereocenters. The second-order valence-electron chi connectivity index (χ2n) is 8.08. The van der Waals surface area contributed by atoms with Gasteiger partial charge in [0.05, 0.1) is 0 Å². The van der Waals surface area contributed by atoms with Crippen LogP contribution in [-0.2, 0) is 6.42 Å². The van der Waals surface area contributed by atoms with E-state index in [9.17, 15) is 0 Å². The molecule has 0 unspecified atom stereocenters. The SMILES string of the molecule is Cc1cnc(N(CCc2ccccn2)c2ccc3[nH]cc(C4=CCNCC4)c3c2)nc1N. The second kappa shape index (κ2) is 8.80. The zero-order valence-corrected chi connectivity index (χ0v) is 18.2. The summed E-state index contributed by atoms with van der Waals surface area (Å²) in [5.41, 5.74) is 12.8. The van der Waals surface area contributed by atoms with E-state index in [2.05, 4.69) is 60.6 Å². The highest BCUT2D eigenvalue weighted by molar-refractivity contribution is 5.95. The highest BCUT2D eigenvalue weighted by Crippen LogP contribution is 2.33. The number of anilines is 3. The summed E-state index contributed by atoms with van der Waals surface area (Å²) in [4.78, 5) is 19.2. The molecule has 0 saturated carbocycles. The van der Waals surface area contributed by atoms with Gasteiger partial charge in [0.2, 0.25) is 5.95 Å². The molecule has 1 aliphatic rings. The highest BCUT2D eigenvalue weighted by atomic mass is 15.3. The predicted molar refractivity (Wildman–Crippen MR) is 130 cm³/mol. The number of nitrogens with one attached hydrogen (secondary N) is 2. The van der Waals surface area contributed by atoms with Crippen LogP contribution in [-0.4, -0.2) is 39.6 Å². The van der Waals surface area contributed by atoms with Gasteiger partial charge in [-0.15, -0.1) is 0 Å². The molecule has 0 aliphatic carbocycles. The molecule has 0 bridgehead atoms. The normalized spacial score (nSPS) is 13.8. The van der Waals surface area contributed by atoms with E-state index in [1.807, 2.05) is 31.3 Å². The highest BCUT2D eigenvalue weighted by Gasteiger charge is 2.17. The lowest BCUT2D eigenvalue weighted by Crippen LogP contribution is -2.23. The zero-order valence-electron chi connectivity index (χ0n) is 18.2. The van der Waals surface area contributed by atoms with Crippen molar-refractivity contribution in [2.24, 2.45) is 0 Å². The van der Waals surface area contributed by atoms with E-state index in [0.29, 0.717) is 18.3 Å². The molecule has 4 N–H and O–H groups in total. The van der Waals surface area contributed by atoms with Gasteiger partial charge in [0, 0.05) is 71.5 Å². The Morgan fingerprint density at radius 1 is 1.16 bits per heavy atom. The maximum atomic E-state index is 6.13. The average molecular weight is 426 g/mol. The fourth-order valence-corrected chi connectivity index (χ4v) is 4.10. The van der Waals surface area contributed by atoms with Crippen molar-refractivity contribution in [2.75, 3.05) is 30.3 Å². The topological polar surface area (TPSA) is 95.8 Å². The summed E-state index contributed by atoms with van der Waals surface area (Å²) in [6, 6.07) is 12.4. The molecule has 1 aliphatic heterocycles. The van der Waals surface area contributed by atoms with Crippen LogP contribution < -0.4 is 16.0 Å². The van der Waals surface area contributed by atoms with Gasteiger partial charge in [-0.1, -0.05) is 12.1 Å². The Morgan fingerprint density at radius 2 is 2.09 bits per heavy atom. The van der Waals surface area contributed by atoms with Crippen LogP contribution in [0.1, 0.15) is 23.2 Å². The van der Waals surface area contributed by atoms with Gasteiger partial charge in [-0.3, -0.25) is 4.98 Å². The van der Waals surface area contributed by atoms with E-state index in [-0.39, 0.29) is 0 Å². The number of nitrogen functional groups attached to an aromatic ring is 1. The van der Waals surface area contributed by atoms with Gasteiger partial charge in [-0.2, -0.15) is 4.98 Å². The number of aromatic nitrogens is 4. The molecule has 32 heavy (non-hydrogen) atoms. The van der Waals surface area contributed by atoms with Crippen LogP contribution in [0.5, 0.6) is 0 Å². The Labute approximate surface area is 187 Å². The largest absolute Gasteiger partial charge is 0.383 e. The third kappa shape index (κ3) is 4.07. The summed E-state index contributed by atoms with van der Waals surface area (Å²) in [6.07, 6.45) is 9.80. The second-order valence-corrected chi connectivity index (χ2v) is 8.08. The van der Waals surface area contributed by atoms with Crippen LogP contribution in [0.3, 0.4) is 0 Å². The van der Waals surface area contributed by atoms with Crippen molar-refractivity contribution < 1.29 is 0 Å². The minimum absolute atomic E-state index is 0.501. The van der Waals surface area contributed by atoms with Crippen molar-refractivity contribution in [3.8, 4) is 0 Å². The Kier molecular flexibility index (Phi) is 5.56. The fraction of sp³-hybridized carbons (Fsp3) is 0.240. The van der Waals surface area contributed by atoms with Crippen LogP contribution in [0.25, 0.3) is 16.5 Å². The lowest BCUT2D eigenvalue weighted by Gasteiger charge is -2.23. The molecule has 4 aromatic rings. The van der Waals surface area contributed by atoms with Gasteiger partial charge in [0.25, 0.3) is 0 Å². The molecule has 162 valence electrons. The molecule has 7 nitrogen and oxygen atoms in total. The molecule has 0 spiro atoms. The van der Waals surface area contributed by atoms with Crippen molar-refractivity contribution in [1.29, 1.82) is 0 Å². The minimum atomic E-state index is 0.501. The summed E-state index contributed by atoms with van der Waals surface area (Å²) in [7, 11) is 0. The first-order valence-electron chi connectivity index (χ1n) is 11.0. The van der Waals surface area contributed by atoms with Gasteiger partial charge in [-0.05, 0) is 55.8 Å².